The second-order valence-electron chi connectivity index (χ2n) is 6.73. The van der Waals surface area contributed by atoms with Crippen LogP contribution in [0.2, 0.25) is 0 Å². The Hall–Kier alpha value is -0.300. The Bertz CT molecular complexity index is 238. The highest BCUT2D eigenvalue weighted by Crippen LogP contribution is 2.28. The van der Waals surface area contributed by atoms with Gasteiger partial charge in [0.25, 0.3) is 0 Å². The Morgan fingerprint density at radius 1 is 1.11 bits per heavy atom. The van der Waals surface area contributed by atoms with E-state index in [2.05, 4.69) is 66.6 Å². The van der Waals surface area contributed by atoms with Crippen molar-refractivity contribution < 1.29 is 0 Å². The Morgan fingerprint density at radius 3 is 2.00 bits per heavy atom. The van der Waals surface area contributed by atoms with Crippen molar-refractivity contribution in [2.45, 2.75) is 66.8 Å². The third-order valence-electron chi connectivity index (χ3n) is 3.93. The van der Waals surface area contributed by atoms with Crippen LogP contribution in [0.1, 0.15) is 60.8 Å². The van der Waals surface area contributed by atoms with Gasteiger partial charge in [-0.2, -0.15) is 0 Å². The summed E-state index contributed by atoms with van der Waals surface area (Å²) in [5, 5.41) is 0. The normalized spacial score (nSPS) is 16.7. The molecule has 0 bridgehead atoms. The standard InChI is InChI=1S/C17H35N/c1-9-17(18(7)8)16(14(4)5)12-15(6)11-10-13(2)3/h11,13-14,16-17H,9-10,12H2,1-8H3. The summed E-state index contributed by atoms with van der Waals surface area (Å²) in [6.45, 7) is 13.9. The molecule has 2 atom stereocenters. The summed E-state index contributed by atoms with van der Waals surface area (Å²) in [5.74, 6) is 2.29. The highest BCUT2D eigenvalue weighted by atomic mass is 15.1. The van der Waals surface area contributed by atoms with Gasteiger partial charge in [0.05, 0.1) is 0 Å². The van der Waals surface area contributed by atoms with Gasteiger partial charge < -0.3 is 4.90 Å². The van der Waals surface area contributed by atoms with E-state index in [1.165, 1.54) is 19.3 Å². The van der Waals surface area contributed by atoms with Crippen LogP contribution >= 0.6 is 0 Å². The number of hydrogen-bond donors (Lipinski definition) is 0. The largest absolute Gasteiger partial charge is 0.306 e. The average Bonchev–Trinajstić information content (AvgIpc) is 2.25. The number of hydrogen-bond acceptors (Lipinski definition) is 1. The lowest BCUT2D eigenvalue weighted by molar-refractivity contribution is 0.163. The summed E-state index contributed by atoms with van der Waals surface area (Å²) < 4.78 is 0. The molecule has 0 fully saturated rings. The molecule has 0 N–H and O–H groups in total. The van der Waals surface area contributed by atoms with Crippen LogP contribution in [-0.2, 0) is 0 Å². The van der Waals surface area contributed by atoms with Crippen molar-refractivity contribution in [3.63, 3.8) is 0 Å². The summed E-state index contributed by atoms with van der Waals surface area (Å²) in [7, 11) is 4.44. The molecule has 0 saturated heterocycles. The van der Waals surface area contributed by atoms with E-state index >= 15 is 0 Å². The van der Waals surface area contributed by atoms with Crippen molar-refractivity contribution in [2.75, 3.05) is 14.1 Å². The zero-order valence-corrected chi connectivity index (χ0v) is 14.0. The molecule has 0 heterocycles. The molecule has 0 aromatic rings. The van der Waals surface area contributed by atoms with Gasteiger partial charge in [0.15, 0.2) is 0 Å². The summed E-state index contributed by atoms with van der Waals surface area (Å²) in [6, 6.07) is 0.701. The van der Waals surface area contributed by atoms with E-state index in [-0.39, 0.29) is 0 Å². The van der Waals surface area contributed by atoms with E-state index in [1.54, 1.807) is 5.57 Å². The van der Waals surface area contributed by atoms with E-state index in [9.17, 15) is 0 Å². The first kappa shape index (κ1) is 17.7. The first-order valence-corrected chi connectivity index (χ1v) is 7.61. The van der Waals surface area contributed by atoms with Crippen LogP contribution in [0.5, 0.6) is 0 Å². The summed E-state index contributed by atoms with van der Waals surface area (Å²) in [5.41, 5.74) is 1.57. The molecule has 0 radical (unpaired) electrons. The van der Waals surface area contributed by atoms with Gasteiger partial charge >= 0.3 is 0 Å². The lowest BCUT2D eigenvalue weighted by Crippen LogP contribution is -2.37. The minimum absolute atomic E-state index is 0.701. The zero-order chi connectivity index (χ0) is 14.3. The van der Waals surface area contributed by atoms with Gasteiger partial charge in [-0.15, -0.1) is 0 Å². The van der Waals surface area contributed by atoms with E-state index in [0.29, 0.717) is 6.04 Å². The van der Waals surface area contributed by atoms with E-state index in [0.717, 1.165) is 17.8 Å². The topological polar surface area (TPSA) is 3.24 Å². The van der Waals surface area contributed by atoms with Crippen molar-refractivity contribution in [2.24, 2.45) is 17.8 Å². The van der Waals surface area contributed by atoms with Gasteiger partial charge in [-0.05, 0) is 58.0 Å². The van der Waals surface area contributed by atoms with Gasteiger partial charge in [0.2, 0.25) is 0 Å². The fourth-order valence-corrected chi connectivity index (χ4v) is 2.76. The van der Waals surface area contributed by atoms with Crippen molar-refractivity contribution in [1.29, 1.82) is 0 Å². The molecule has 0 amide bonds. The van der Waals surface area contributed by atoms with Crippen LogP contribution in [0.25, 0.3) is 0 Å². The van der Waals surface area contributed by atoms with E-state index < -0.39 is 0 Å². The average molecular weight is 253 g/mol. The maximum Gasteiger partial charge on any atom is 0.0120 e. The van der Waals surface area contributed by atoms with E-state index in [4.69, 9.17) is 0 Å². The molecule has 1 heteroatoms. The molecule has 0 aliphatic rings. The van der Waals surface area contributed by atoms with Crippen molar-refractivity contribution in [1.82, 2.24) is 4.90 Å². The van der Waals surface area contributed by atoms with E-state index in [1.807, 2.05) is 0 Å². The smallest absolute Gasteiger partial charge is 0.0120 e. The minimum Gasteiger partial charge on any atom is -0.306 e. The Morgan fingerprint density at radius 2 is 1.67 bits per heavy atom. The fourth-order valence-electron chi connectivity index (χ4n) is 2.76. The first-order valence-electron chi connectivity index (χ1n) is 7.61. The molecule has 2 unspecified atom stereocenters. The lowest BCUT2D eigenvalue weighted by Gasteiger charge is -2.34. The third kappa shape index (κ3) is 6.58. The molecule has 0 aliphatic heterocycles. The molecule has 0 saturated carbocycles. The monoisotopic (exact) mass is 253 g/mol. The fraction of sp³-hybridized carbons (Fsp3) is 0.882. The summed E-state index contributed by atoms with van der Waals surface area (Å²) >= 11 is 0. The molecule has 0 aromatic carbocycles. The third-order valence-corrected chi connectivity index (χ3v) is 3.93. The second-order valence-corrected chi connectivity index (χ2v) is 6.73. The first-order chi connectivity index (χ1) is 8.29. The van der Waals surface area contributed by atoms with Crippen LogP contribution < -0.4 is 0 Å². The molecular weight excluding hydrogens is 218 g/mol. The minimum atomic E-state index is 0.701. The predicted octanol–water partition coefficient (Wildman–Crippen LogP) is 4.98. The number of rotatable bonds is 8. The van der Waals surface area contributed by atoms with Crippen LogP contribution in [0.3, 0.4) is 0 Å². The zero-order valence-electron chi connectivity index (χ0n) is 14.0. The SMILES string of the molecule is CCC(C(CC(C)=CCC(C)C)C(C)C)N(C)C. The Labute approximate surface area is 116 Å². The van der Waals surface area contributed by atoms with Crippen LogP contribution in [0.15, 0.2) is 11.6 Å². The van der Waals surface area contributed by atoms with Gasteiger partial charge in [0.1, 0.15) is 0 Å². The molecule has 0 rings (SSSR count). The number of allylic oxidation sites excluding steroid dienone is 2. The predicted molar refractivity (Wildman–Crippen MR) is 83.9 cm³/mol. The molecule has 0 aliphatic carbocycles. The Kier molecular flexibility index (Phi) is 8.60. The highest BCUT2D eigenvalue weighted by molar-refractivity contribution is 5.01. The highest BCUT2D eigenvalue weighted by Gasteiger charge is 2.24. The van der Waals surface area contributed by atoms with Gasteiger partial charge in [-0.3, -0.25) is 0 Å². The van der Waals surface area contributed by atoms with Crippen LogP contribution in [-0.4, -0.2) is 25.0 Å². The lowest BCUT2D eigenvalue weighted by atomic mass is 9.81. The van der Waals surface area contributed by atoms with Gasteiger partial charge in [0, 0.05) is 6.04 Å². The van der Waals surface area contributed by atoms with Crippen LogP contribution in [0.4, 0.5) is 0 Å². The van der Waals surface area contributed by atoms with Crippen molar-refractivity contribution in [3.8, 4) is 0 Å². The van der Waals surface area contributed by atoms with Crippen molar-refractivity contribution in [3.05, 3.63) is 11.6 Å². The second kappa shape index (κ2) is 8.74. The number of nitrogens with zero attached hydrogens (tertiary/aromatic N) is 1. The Balaban J connectivity index is 4.66. The molecular formula is C17H35N. The van der Waals surface area contributed by atoms with Gasteiger partial charge in [-0.25, -0.2) is 0 Å². The van der Waals surface area contributed by atoms with Crippen molar-refractivity contribution >= 4 is 0 Å². The quantitative estimate of drug-likeness (QED) is 0.551. The maximum atomic E-state index is 2.45. The molecule has 0 aromatic heterocycles. The summed E-state index contributed by atoms with van der Waals surface area (Å²) in [4.78, 5) is 2.40. The molecule has 18 heavy (non-hydrogen) atoms. The summed E-state index contributed by atoms with van der Waals surface area (Å²) in [6.07, 6.45) is 6.16. The van der Waals surface area contributed by atoms with Gasteiger partial charge in [-0.1, -0.05) is 46.3 Å². The van der Waals surface area contributed by atoms with Crippen LogP contribution in [0, 0.1) is 17.8 Å². The molecule has 108 valence electrons. The maximum absolute atomic E-state index is 2.45. The molecule has 1 nitrogen and oxygen atoms in total. The molecule has 0 spiro atoms.